The summed E-state index contributed by atoms with van der Waals surface area (Å²) in [5, 5.41) is 2.83. The molecule has 1 aromatic carbocycles. The van der Waals surface area contributed by atoms with Crippen LogP contribution in [0.4, 0.5) is 4.39 Å². The SMILES string of the molecule is Cc1ccn2cc(CNC(=O)CCc3ccccc3F)nc2c1. The minimum atomic E-state index is -0.268. The number of fused-ring (bicyclic) bond motifs is 1. The Morgan fingerprint density at radius 1 is 1.30 bits per heavy atom. The zero-order valence-corrected chi connectivity index (χ0v) is 12.9. The van der Waals surface area contributed by atoms with Crippen molar-refractivity contribution in [2.24, 2.45) is 0 Å². The average Bonchev–Trinajstić information content (AvgIpc) is 2.94. The first-order valence-corrected chi connectivity index (χ1v) is 7.56. The van der Waals surface area contributed by atoms with E-state index in [2.05, 4.69) is 10.3 Å². The van der Waals surface area contributed by atoms with E-state index < -0.39 is 0 Å². The number of carbonyl (C=O) groups excluding carboxylic acids is 1. The molecule has 3 aromatic rings. The van der Waals surface area contributed by atoms with Gasteiger partial charge in [-0.2, -0.15) is 0 Å². The molecule has 0 spiro atoms. The molecule has 0 aliphatic rings. The van der Waals surface area contributed by atoms with Crippen LogP contribution >= 0.6 is 0 Å². The van der Waals surface area contributed by atoms with Crippen molar-refractivity contribution in [2.45, 2.75) is 26.3 Å². The highest BCUT2D eigenvalue weighted by molar-refractivity contribution is 5.76. The molecule has 0 saturated heterocycles. The van der Waals surface area contributed by atoms with Gasteiger partial charge >= 0.3 is 0 Å². The van der Waals surface area contributed by atoms with E-state index in [4.69, 9.17) is 0 Å². The summed E-state index contributed by atoms with van der Waals surface area (Å²) in [5.74, 6) is -0.377. The number of halogens is 1. The molecule has 4 nitrogen and oxygen atoms in total. The topological polar surface area (TPSA) is 46.4 Å². The molecule has 0 aliphatic carbocycles. The van der Waals surface area contributed by atoms with Crippen molar-refractivity contribution in [3.05, 3.63) is 71.4 Å². The molecule has 2 aromatic heterocycles. The second-order valence-corrected chi connectivity index (χ2v) is 5.57. The first-order chi connectivity index (χ1) is 11.1. The summed E-state index contributed by atoms with van der Waals surface area (Å²) in [6.07, 6.45) is 4.49. The van der Waals surface area contributed by atoms with Crippen molar-refractivity contribution >= 4 is 11.6 Å². The van der Waals surface area contributed by atoms with Crippen LogP contribution < -0.4 is 5.32 Å². The van der Waals surface area contributed by atoms with Gasteiger partial charge in [0.25, 0.3) is 0 Å². The lowest BCUT2D eigenvalue weighted by atomic mass is 10.1. The molecule has 5 heteroatoms. The van der Waals surface area contributed by atoms with Crippen molar-refractivity contribution in [3.8, 4) is 0 Å². The maximum Gasteiger partial charge on any atom is 0.220 e. The lowest BCUT2D eigenvalue weighted by Crippen LogP contribution is -2.23. The van der Waals surface area contributed by atoms with E-state index in [-0.39, 0.29) is 18.1 Å². The van der Waals surface area contributed by atoms with Gasteiger partial charge in [-0.05, 0) is 42.7 Å². The highest BCUT2D eigenvalue weighted by Gasteiger charge is 2.07. The number of benzene rings is 1. The standard InChI is InChI=1S/C18H18FN3O/c1-13-8-9-22-12-15(21-17(22)10-13)11-20-18(23)7-6-14-4-2-3-5-16(14)19/h2-5,8-10,12H,6-7,11H2,1H3,(H,20,23). The number of aromatic nitrogens is 2. The van der Waals surface area contributed by atoms with Crippen LogP contribution in [0.2, 0.25) is 0 Å². The third kappa shape index (κ3) is 3.74. The lowest BCUT2D eigenvalue weighted by Gasteiger charge is -2.04. The van der Waals surface area contributed by atoms with E-state index in [1.807, 2.05) is 35.9 Å². The highest BCUT2D eigenvalue weighted by atomic mass is 19.1. The molecule has 0 bridgehead atoms. The quantitative estimate of drug-likeness (QED) is 0.787. The Labute approximate surface area is 134 Å². The van der Waals surface area contributed by atoms with E-state index >= 15 is 0 Å². The fourth-order valence-corrected chi connectivity index (χ4v) is 2.45. The number of nitrogens with zero attached hydrogens (tertiary/aromatic N) is 2. The van der Waals surface area contributed by atoms with Crippen LogP contribution in [0.3, 0.4) is 0 Å². The molecule has 1 N–H and O–H groups in total. The Morgan fingerprint density at radius 3 is 2.96 bits per heavy atom. The van der Waals surface area contributed by atoms with Crippen molar-refractivity contribution in [1.29, 1.82) is 0 Å². The third-order valence-corrected chi connectivity index (χ3v) is 3.71. The van der Waals surface area contributed by atoms with Gasteiger partial charge in [0.15, 0.2) is 0 Å². The molecule has 2 heterocycles. The number of imidazole rings is 1. The first-order valence-electron chi connectivity index (χ1n) is 7.56. The highest BCUT2D eigenvalue weighted by Crippen LogP contribution is 2.10. The molecule has 3 rings (SSSR count). The van der Waals surface area contributed by atoms with Crippen LogP contribution in [-0.2, 0) is 17.8 Å². The number of hydrogen-bond acceptors (Lipinski definition) is 2. The van der Waals surface area contributed by atoms with Gasteiger partial charge in [-0.1, -0.05) is 18.2 Å². The second-order valence-electron chi connectivity index (χ2n) is 5.57. The van der Waals surface area contributed by atoms with Gasteiger partial charge in [0.2, 0.25) is 5.91 Å². The summed E-state index contributed by atoms with van der Waals surface area (Å²) >= 11 is 0. The van der Waals surface area contributed by atoms with Crippen LogP contribution in [0.1, 0.15) is 23.2 Å². The molecule has 0 unspecified atom stereocenters. The van der Waals surface area contributed by atoms with Crippen molar-refractivity contribution in [1.82, 2.24) is 14.7 Å². The number of aryl methyl sites for hydroxylation is 2. The summed E-state index contributed by atoms with van der Waals surface area (Å²) in [6.45, 7) is 2.38. The molecule has 0 saturated carbocycles. The van der Waals surface area contributed by atoms with Crippen molar-refractivity contribution in [3.63, 3.8) is 0 Å². The Bertz CT molecular complexity index is 841. The predicted molar refractivity (Wildman–Crippen MR) is 86.5 cm³/mol. The molecule has 0 atom stereocenters. The zero-order valence-electron chi connectivity index (χ0n) is 12.9. The first kappa shape index (κ1) is 15.2. The largest absolute Gasteiger partial charge is 0.350 e. The van der Waals surface area contributed by atoms with E-state index in [0.29, 0.717) is 18.5 Å². The molecular weight excluding hydrogens is 293 g/mol. The van der Waals surface area contributed by atoms with E-state index in [1.54, 1.807) is 18.2 Å². The molecule has 118 valence electrons. The van der Waals surface area contributed by atoms with Gasteiger partial charge in [0.1, 0.15) is 11.5 Å². The van der Waals surface area contributed by atoms with Gasteiger partial charge in [-0.25, -0.2) is 9.37 Å². The number of rotatable bonds is 5. The minimum Gasteiger partial charge on any atom is -0.350 e. The van der Waals surface area contributed by atoms with E-state index in [0.717, 1.165) is 16.9 Å². The van der Waals surface area contributed by atoms with E-state index in [9.17, 15) is 9.18 Å². The van der Waals surface area contributed by atoms with Crippen LogP contribution in [0, 0.1) is 12.7 Å². The smallest absolute Gasteiger partial charge is 0.220 e. The molecule has 1 amide bonds. The fraction of sp³-hybridized carbons (Fsp3) is 0.222. The number of hydrogen-bond donors (Lipinski definition) is 1. The summed E-state index contributed by atoms with van der Waals surface area (Å²) in [7, 11) is 0. The molecule has 0 radical (unpaired) electrons. The van der Waals surface area contributed by atoms with Crippen LogP contribution in [0.5, 0.6) is 0 Å². The van der Waals surface area contributed by atoms with Crippen LogP contribution in [-0.4, -0.2) is 15.3 Å². The lowest BCUT2D eigenvalue weighted by molar-refractivity contribution is -0.121. The maximum atomic E-state index is 13.5. The normalized spacial score (nSPS) is 10.9. The van der Waals surface area contributed by atoms with Gasteiger partial charge in [-0.15, -0.1) is 0 Å². The minimum absolute atomic E-state index is 0.110. The monoisotopic (exact) mass is 311 g/mol. The van der Waals surface area contributed by atoms with Gasteiger partial charge < -0.3 is 9.72 Å². The van der Waals surface area contributed by atoms with Crippen LogP contribution in [0.25, 0.3) is 5.65 Å². The molecule has 23 heavy (non-hydrogen) atoms. The third-order valence-electron chi connectivity index (χ3n) is 3.71. The molecule has 0 aliphatic heterocycles. The van der Waals surface area contributed by atoms with Crippen molar-refractivity contribution < 1.29 is 9.18 Å². The second kappa shape index (κ2) is 6.60. The fourth-order valence-electron chi connectivity index (χ4n) is 2.45. The number of carbonyl (C=O) groups is 1. The van der Waals surface area contributed by atoms with Gasteiger partial charge in [0, 0.05) is 18.8 Å². The Morgan fingerprint density at radius 2 is 2.13 bits per heavy atom. The molecule has 0 fully saturated rings. The summed E-state index contributed by atoms with van der Waals surface area (Å²) in [6, 6.07) is 10.5. The summed E-state index contributed by atoms with van der Waals surface area (Å²) in [4.78, 5) is 16.4. The predicted octanol–water partition coefficient (Wildman–Crippen LogP) is 3.03. The zero-order chi connectivity index (χ0) is 16.2. The molecular formula is C18H18FN3O. The van der Waals surface area contributed by atoms with E-state index in [1.165, 1.54) is 6.07 Å². The maximum absolute atomic E-state index is 13.5. The number of pyridine rings is 1. The average molecular weight is 311 g/mol. The van der Waals surface area contributed by atoms with Gasteiger partial charge in [0.05, 0.1) is 12.2 Å². The Hall–Kier alpha value is -2.69. The van der Waals surface area contributed by atoms with Crippen LogP contribution in [0.15, 0.2) is 48.8 Å². The Balaban J connectivity index is 1.54. The van der Waals surface area contributed by atoms with Gasteiger partial charge in [-0.3, -0.25) is 4.79 Å². The van der Waals surface area contributed by atoms with Crippen molar-refractivity contribution in [2.75, 3.05) is 0 Å². The number of nitrogens with one attached hydrogen (secondary N) is 1. The summed E-state index contributed by atoms with van der Waals surface area (Å²) in [5.41, 5.74) is 3.37. The Kier molecular flexibility index (Phi) is 4.37. The summed E-state index contributed by atoms with van der Waals surface area (Å²) < 4.78 is 15.4. The number of amides is 1.